The minimum Gasteiger partial charge on any atom is -0.489 e. The van der Waals surface area contributed by atoms with Crippen molar-refractivity contribution in [3.05, 3.63) is 88.1 Å². The number of nitrogens with zero attached hydrogens (tertiary/aromatic N) is 4. The number of fused-ring (bicyclic) bond motifs is 1. The molecule has 0 aliphatic carbocycles. The zero-order valence-corrected chi connectivity index (χ0v) is 36.0. The highest BCUT2D eigenvalue weighted by Crippen LogP contribution is 2.39. The van der Waals surface area contributed by atoms with Crippen molar-refractivity contribution in [2.24, 2.45) is 0 Å². The Bertz CT molecular complexity index is 2300. The van der Waals surface area contributed by atoms with Crippen molar-refractivity contribution in [1.82, 2.24) is 25.1 Å². The fourth-order valence-corrected chi connectivity index (χ4v) is 9.55. The van der Waals surface area contributed by atoms with Crippen LogP contribution in [0.2, 0.25) is 5.02 Å². The monoisotopic (exact) mass is 842 g/mol. The number of nitrogens with one attached hydrogen (secondary N) is 4. The number of carbonyl (C=O) groups excluding carboxylic acids is 2. The number of hydrogen-bond donors (Lipinski definition) is 4. The molecule has 4 N–H and O–H groups in total. The average Bonchev–Trinajstić information content (AvgIpc) is 3.62. The molecule has 0 radical (unpaired) electrons. The minimum atomic E-state index is -3.56. The van der Waals surface area contributed by atoms with E-state index in [0.29, 0.717) is 30.2 Å². The van der Waals surface area contributed by atoms with Crippen molar-refractivity contribution in [3.8, 4) is 5.75 Å². The number of piperidine rings is 2. The van der Waals surface area contributed by atoms with Gasteiger partial charge in [-0.2, -0.15) is 4.98 Å². The number of ether oxygens (including phenoxy) is 1. The average molecular weight is 843 g/mol. The van der Waals surface area contributed by atoms with E-state index in [2.05, 4.69) is 78.3 Å². The number of rotatable bonds is 15. The molecule has 314 valence electrons. The predicted molar refractivity (Wildman–Crippen MR) is 233 cm³/mol. The van der Waals surface area contributed by atoms with Gasteiger partial charge in [0.05, 0.1) is 39.9 Å². The fraction of sp³-hybridized carbons (Fsp3) is 0.455. The van der Waals surface area contributed by atoms with Gasteiger partial charge in [0.15, 0.2) is 15.7 Å². The molecule has 3 aromatic carbocycles. The number of anilines is 5. The van der Waals surface area contributed by atoms with Crippen LogP contribution in [-0.2, 0) is 32.5 Å². The van der Waals surface area contributed by atoms with Crippen LogP contribution in [0.3, 0.4) is 0 Å². The Morgan fingerprint density at radius 2 is 1.71 bits per heavy atom. The molecular weight excluding hydrogens is 788 g/mol. The number of amides is 2. The Morgan fingerprint density at radius 1 is 0.949 bits per heavy atom. The van der Waals surface area contributed by atoms with E-state index in [-0.39, 0.29) is 45.6 Å². The third-order valence-corrected chi connectivity index (χ3v) is 13.9. The number of aryl methyl sites for hydroxylation is 1. The normalized spacial score (nSPS) is 17.9. The fourth-order valence-electron chi connectivity index (χ4n) is 8.21. The van der Waals surface area contributed by atoms with Gasteiger partial charge in [0.25, 0.3) is 0 Å². The van der Waals surface area contributed by atoms with Crippen LogP contribution >= 0.6 is 11.6 Å². The van der Waals surface area contributed by atoms with Crippen molar-refractivity contribution < 1.29 is 22.7 Å². The molecule has 0 bridgehead atoms. The molecule has 3 aliphatic rings. The summed E-state index contributed by atoms with van der Waals surface area (Å²) in [4.78, 5) is 38.0. The van der Waals surface area contributed by atoms with Crippen LogP contribution in [-0.4, -0.2) is 83.6 Å². The number of benzene rings is 3. The van der Waals surface area contributed by atoms with Crippen molar-refractivity contribution in [2.45, 2.75) is 108 Å². The van der Waals surface area contributed by atoms with Gasteiger partial charge in [0, 0.05) is 31.7 Å². The van der Waals surface area contributed by atoms with Crippen LogP contribution in [0.25, 0.3) is 0 Å². The molecule has 1 unspecified atom stereocenters. The van der Waals surface area contributed by atoms with Crippen molar-refractivity contribution >= 4 is 62.1 Å². The standard InChI is InChI=1S/C44H55ClN8O5S/c1-27(2)58-39-23-34(29(5)21-37(39)49-44-47-24-35(45)42(51-44)48-36-9-6-7-10-40(36)59(56,57)28(3)4)30-15-19-52(20-16-30)18-8-17-46-33-12-11-31-25-53(26-32(31)22-33)38-13-14-41(54)50-43(38)55/h6-7,9-12,21-24,27-28,30,38,46H,8,13-20,25-26H2,1-5H3,(H,50,54,55)(H2,47,48,49,51). The number of halogens is 1. The lowest BCUT2D eigenvalue weighted by Gasteiger charge is -2.33. The summed E-state index contributed by atoms with van der Waals surface area (Å²) in [7, 11) is -3.56. The number of sulfone groups is 1. The molecule has 2 amide bonds. The molecule has 0 spiro atoms. The summed E-state index contributed by atoms with van der Waals surface area (Å²) < 4.78 is 32.5. The van der Waals surface area contributed by atoms with Gasteiger partial charge in [-0.05, 0) is 145 Å². The van der Waals surface area contributed by atoms with E-state index in [9.17, 15) is 18.0 Å². The second kappa shape index (κ2) is 18.2. The molecular formula is C44H55ClN8O5S. The lowest BCUT2D eigenvalue weighted by atomic mass is 9.86. The zero-order valence-electron chi connectivity index (χ0n) is 34.5. The molecule has 0 saturated carbocycles. The molecule has 2 saturated heterocycles. The Labute approximate surface area is 352 Å². The van der Waals surface area contributed by atoms with Crippen LogP contribution in [0.5, 0.6) is 5.75 Å². The van der Waals surface area contributed by atoms with Crippen molar-refractivity contribution in [1.29, 1.82) is 0 Å². The predicted octanol–water partition coefficient (Wildman–Crippen LogP) is 7.70. The first-order valence-corrected chi connectivity index (χ1v) is 22.5. The maximum absolute atomic E-state index is 13.1. The number of likely N-dealkylation sites (tertiary alicyclic amines) is 1. The van der Waals surface area contributed by atoms with Crippen LogP contribution in [0.4, 0.5) is 28.8 Å². The highest BCUT2D eigenvalue weighted by Gasteiger charge is 2.35. The van der Waals surface area contributed by atoms with Crippen molar-refractivity contribution in [2.75, 3.05) is 42.1 Å². The lowest BCUT2D eigenvalue weighted by Crippen LogP contribution is -2.50. The molecule has 1 atom stereocenters. The molecule has 3 aliphatic heterocycles. The van der Waals surface area contributed by atoms with E-state index in [1.54, 1.807) is 38.1 Å². The molecule has 13 nitrogen and oxygen atoms in total. The van der Waals surface area contributed by atoms with E-state index in [4.69, 9.17) is 16.3 Å². The summed E-state index contributed by atoms with van der Waals surface area (Å²) in [6.07, 6.45) is 5.54. The quantitative estimate of drug-likeness (QED) is 0.0684. The SMILES string of the molecule is Cc1cc(Nc2ncc(Cl)c(Nc3ccccc3S(=O)(=O)C(C)C)n2)c(OC(C)C)cc1C1CCN(CCCNc2ccc3c(c2)CN(C2CCC(=O)NC2=O)C3)CC1. The lowest BCUT2D eigenvalue weighted by molar-refractivity contribution is -0.137. The van der Waals surface area contributed by atoms with Gasteiger partial charge in [-0.15, -0.1) is 0 Å². The van der Waals surface area contributed by atoms with Gasteiger partial charge < -0.3 is 25.6 Å². The van der Waals surface area contributed by atoms with E-state index in [1.807, 2.05) is 13.8 Å². The topological polar surface area (TPSA) is 158 Å². The van der Waals surface area contributed by atoms with E-state index >= 15 is 0 Å². The highest BCUT2D eigenvalue weighted by molar-refractivity contribution is 7.92. The summed E-state index contributed by atoms with van der Waals surface area (Å²) >= 11 is 6.52. The molecule has 4 aromatic rings. The Balaban J connectivity index is 0.934. The van der Waals surface area contributed by atoms with E-state index in [0.717, 1.165) is 75.5 Å². The Hall–Kier alpha value is -4.76. The van der Waals surface area contributed by atoms with E-state index in [1.165, 1.54) is 22.9 Å². The smallest absolute Gasteiger partial charge is 0.243 e. The second-order valence-corrected chi connectivity index (χ2v) is 19.2. The van der Waals surface area contributed by atoms with Gasteiger partial charge in [-0.25, -0.2) is 13.4 Å². The van der Waals surface area contributed by atoms with Gasteiger partial charge in [-0.1, -0.05) is 29.8 Å². The number of imide groups is 1. The summed E-state index contributed by atoms with van der Waals surface area (Å²) in [6, 6.07) is 17.2. The van der Waals surface area contributed by atoms with Gasteiger partial charge in [-0.3, -0.25) is 19.8 Å². The highest BCUT2D eigenvalue weighted by atomic mass is 35.5. The first-order valence-electron chi connectivity index (χ1n) is 20.6. The Kier molecular flexibility index (Phi) is 13.1. The first kappa shape index (κ1) is 42.4. The molecule has 7 rings (SSSR count). The molecule has 15 heteroatoms. The summed E-state index contributed by atoms with van der Waals surface area (Å²) in [5, 5.41) is 12.2. The third kappa shape index (κ3) is 10.00. The molecule has 59 heavy (non-hydrogen) atoms. The van der Waals surface area contributed by atoms with Crippen LogP contribution in [0, 0.1) is 6.92 Å². The van der Waals surface area contributed by atoms with Gasteiger partial charge in [0.1, 0.15) is 10.8 Å². The van der Waals surface area contributed by atoms with Crippen LogP contribution < -0.4 is 26.0 Å². The van der Waals surface area contributed by atoms with Crippen LogP contribution in [0.1, 0.15) is 88.0 Å². The third-order valence-electron chi connectivity index (χ3n) is 11.4. The number of carbonyl (C=O) groups is 2. The molecule has 1 aromatic heterocycles. The maximum Gasteiger partial charge on any atom is 0.243 e. The Morgan fingerprint density at radius 3 is 2.46 bits per heavy atom. The second-order valence-electron chi connectivity index (χ2n) is 16.4. The molecule has 2 fully saturated rings. The summed E-state index contributed by atoms with van der Waals surface area (Å²) in [6.45, 7) is 14.8. The number of hydrogen-bond acceptors (Lipinski definition) is 12. The van der Waals surface area contributed by atoms with Crippen LogP contribution in [0.15, 0.2) is 65.7 Å². The van der Waals surface area contributed by atoms with Gasteiger partial charge >= 0.3 is 0 Å². The first-order chi connectivity index (χ1) is 28.2. The minimum absolute atomic E-state index is 0.0614. The van der Waals surface area contributed by atoms with Gasteiger partial charge in [0.2, 0.25) is 17.8 Å². The van der Waals surface area contributed by atoms with Crippen molar-refractivity contribution in [3.63, 3.8) is 0 Å². The maximum atomic E-state index is 13.1. The van der Waals surface area contributed by atoms with E-state index < -0.39 is 15.1 Å². The number of para-hydroxylation sites is 1. The largest absolute Gasteiger partial charge is 0.489 e. The summed E-state index contributed by atoms with van der Waals surface area (Å²) in [5.41, 5.74) is 7.13. The number of aromatic nitrogens is 2. The molecule has 4 heterocycles. The zero-order chi connectivity index (χ0) is 41.8. The summed E-state index contributed by atoms with van der Waals surface area (Å²) in [5.74, 6) is 1.33.